The summed E-state index contributed by atoms with van der Waals surface area (Å²) in [4.78, 5) is 0. The fourth-order valence-corrected chi connectivity index (χ4v) is 4.88. The van der Waals surface area contributed by atoms with E-state index < -0.39 is 0 Å². The van der Waals surface area contributed by atoms with Crippen LogP contribution >= 0.6 is 0 Å². The molecule has 0 atom stereocenters. The van der Waals surface area contributed by atoms with Crippen molar-refractivity contribution in [2.24, 2.45) is 0 Å². The van der Waals surface area contributed by atoms with E-state index in [-0.39, 0.29) is 0 Å². The summed E-state index contributed by atoms with van der Waals surface area (Å²) in [6.45, 7) is 0. The fraction of sp³-hybridized carbons (Fsp3) is 0.714. The molecule has 2 rings (SSSR count). The Labute approximate surface area is 60.6 Å². The molecule has 0 saturated heterocycles. The van der Waals surface area contributed by atoms with Crippen molar-refractivity contribution in [1.29, 1.82) is 0 Å². The van der Waals surface area contributed by atoms with Gasteiger partial charge in [0.2, 0.25) is 0 Å². The van der Waals surface area contributed by atoms with Gasteiger partial charge < -0.3 is 0 Å². The van der Waals surface area contributed by atoms with Gasteiger partial charge in [-0.05, 0) is 0 Å². The minimum atomic E-state index is 0.633. The van der Waals surface area contributed by atoms with E-state index in [4.69, 9.17) is 0 Å². The third-order valence-electron chi connectivity index (χ3n) is 1.97. The molecule has 0 fully saturated rings. The van der Waals surface area contributed by atoms with Crippen LogP contribution in [0.5, 0.6) is 0 Å². The first-order valence-corrected chi connectivity index (χ1v) is 6.25. The van der Waals surface area contributed by atoms with Crippen LogP contribution in [0, 0.1) is 0 Å². The topological polar surface area (TPSA) is 0 Å². The Morgan fingerprint density at radius 2 is 1.62 bits per heavy atom. The predicted molar refractivity (Wildman–Crippen MR) is 30.6 cm³/mol. The molecule has 2 aliphatic rings. The van der Waals surface area contributed by atoms with Gasteiger partial charge in [0.05, 0.1) is 0 Å². The first kappa shape index (κ1) is 5.27. The number of halogens is 1. The Bertz CT molecular complexity index is 107. The molecule has 0 amide bonds. The quantitative estimate of drug-likeness (QED) is 0.267. The second-order valence-electron chi connectivity index (χ2n) is 2.52. The molecular formula is C7H10I-. The zero-order chi connectivity index (χ0) is 5.40. The molecule has 1 aliphatic carbocycles. The molecule has 0 nitrogen and oxygen atoms in total. The van der Waals surface area contributed by atoms with Gasteiger partial charge in [-0.2, -0.15) is 0 Å². The first-order valence-electron chi connectivity index (χ1n) is 3.20. The molecular weight excluding hydrogens is 211 g/mol. The van der Waals surface area contributed by atoms with Crippen molar-refractivity contribution < 1.29 is 21.2 Å². The monoisotopic (exact) mass is 221 g/mol. The number of rotatable bonds is 0. The van der Waals surface area contributed by atoms with Gasteiger partial charge in [-0.3, -0.25) is 0 Å². The van der Waals surface area contributed by atoms with Crippen molar-refractivity contribution in [1.82, 2.24) is 0 Å². The Morgan fingerprint density at radius 1 is 1.00 bits per heavy atom. The Kier molecular flexibility index (Phi) is 1.32. The summed E-state index contributed by atoms with van der Waals surface area (Å²) < 4.78 is 3.10. The molecule has 0 saturated carbocycles. The second-order valence-corrected chi connectivity index (χ2v) is 5.12. The zero-order valence-electron chi connectivity index (χ0n) is 4.91. The van der Waals surface area contributed by atoms with Crippen LogP contribution in [0.2, 0.25) is 0 Å². The van der Waals surface area contributed by atoms with Gasteiger partial charge in [-0.1, -0.05) is 0 Å². The summed E-state index contributed by atoms with van der Waals surface area (Å²) in [6.07, 6.45) is 4.42. The molecule has 46 valence electrons. The van der Waals surface area contributed by atoms with Crippen LogP contribution in [0.4, 0.5) is 0 Å². The third kappa shape index (κ3) is 0.714. The summed E-state index contributed by atoms with van der Waals surface area (Å²) in [5.41, 5.74) is 3.75. The van der Waals surface area contributed by atoms with Crippen molar-refractivity contribution in [3.8, 4) is 0 Å². The Hall–Kier alpha value is 0.470. The van der Waals surface area contributed by atoms with Crippen LogP contribution in [0.1, 0.15) is 19.3 Å². The van der Waals surface area contributed by atoms with Crippen LogP contribution in [0.15, 0.2) is 11.1 Å². The summed E-state index contributed by atoms with van der Waals surface area (Å²) in [6, 6.07) is 0. The molecule has 0 bridgehead atoms. The average Bonchev–Trinajstić information content (AvgIpc) is 2.15. The van der Waals surface area contributed by atoms with Crippen LogP contribution in [0.25, 0.3) is 0 Å². The van der Waals surface area contributed by atoms with E-state index in [1.165, 1.54) is 19.3 Å². The van der Waals surface area contributed by atoms with Crippen LogP contribution in [-0.4, -0.2) is 8.86 Å². The molecule has 1 aliphatic heterocycles. The molecule has 8 heavy (non-hydrogen) atoms. The molecule has 0 aromatic heterocycles. The van der Waals surface area contributed by atoms with Gasteiger partial charge >= 0.3 is 60.5 Å². The molecule has 1 heteroatoms. The summed E-state index contributed by atoms with van der Waals surface area (Å²) in [5, 5.41) is 0. The van der Waals surface area contributed by atoms with Crippen molar-refractivity contribution in [3.05, 3.63) is 11.1 Å². The van der Waals surface area contributed by atoms with Gasteiger partial charge in [0.1, 0.15) is 0 Å². The summed E-state index contributed by atoms with van der Waals surface area (Å²) in [7, 11) is 0. The molecule has 0 aromatic rings. The number of allylic oxidation sites excluding steroid dienone is 2. The summed E-state index contributed by atoms with van der Waals surface area (Å²) in [5.74, 6) is 0. The van der Waals surface area contributed by atoms with E-state index in [0.29, 0.717) is 21.2 Å². The van der Waals surface area contributed by atoms with Crippen molar-refractivity contribution >= 4 is 0 Å². The summed E-state index contributed by atoms with van der Waals surface area (Å²) >= 11 is 0.633. The van der Waals surface area contributed by atoms with Gasteiger partial charge in [0.25, 0.3) is 0 Å². The third-order valence-corrected chi connectivity index (χ3v) is 4.89. The van der Waals surface area contributed by atoms with Crippen LogP contribution in [0.3, 0.4) is 0 Å². The average molecular weight is 221 g/mol. The molecule has 0 N–H and O–H groups in total. The second kappa shape index (κ2) is 2.01. The molecule has 1 heterocycles. The van der Waals surface area contributed by atoms with Crippen molar-refractivity contribution in [2.75, 3.05) is 8.86 Å². The standard InChI is InChI=1S/C7H10I/c1-2-6-4-8-5-7(6)3-1/h1-5H2/q-1. The van der Waals surface area contributed by atoms with E-state index in [1.807, 2.05) is 11.1 Å². The van der Waals surface area contributed by atoms with E-state index in [2.05, 4.69) is 0 Å². The van der Waals surface area contributed by atoms with E-state index >= 15 is 0 Å². The molecule has 0 aromatic carbocycles. The SMILES string of the molecule is C1CC2=C(C1)C[I-]C2. The molecule has 0 radical (unpaired) electrons. The zero-order valence-corrected chi connectivity index (χ0v) is 7.07. The van der Waals surface area contributed by atoms with Crippen LogP contribution < -0.4 is 21.2 Å². The fourth-order valence-electron chi connectivity index (χ4n) is 1.47. The maximum absolute atomic E-state index is 1.87. The number of alkyl halides is 2. The predicted octanol–water partition coefficient (Wildman–Crippen LogP) is -1.43. The van der Waals surface area contributed by atoms with Gasteiger partial charge in [0.15, 0.2) is 0 Å². The number of hydrogen-bond donors (Lipinski definition) is 0. The Morgan fingerprint density at radius 3 is 2.25 bits per heavy atom. The van der Waals surface area contributed by atoms with Crippen LogP contribution in [-0.2, 0) is 0 Å². The van der Waals surface area contributed by atoms with Gasteiger partial charge in [-0.15, -0.1) is 0 Å². The van der Waals surface area contributed by atoms with Gasteiger partial charge in [0, 0.05) is 0 Å². The molecule has 0 unspecified atom stereocenters. The Balaban J connectivity index is 2.23. The number of hydrogen-bond acceptors (Lipinski definition) is 0. The van der Waals surface area contributed by atoms with Crippen molar-refractivity contribution in [2.45, 2.75) is 19.3 Å². The van der Waals surface area contributed by atoms with E-state index in [9.17, 15) is 0 Å². The van der Waals surface area contributed by atoms with E-state index in [0.717, 1.165) is 0 Å². The normalized spacial score (nSPS) is 28.0. The minimum absolute atomic E-state index is 0.633. The van der Waals surface area contributed by atoms with Crippen molar-refractivity contribution in [3.63, 3.8) is 0 Å². The molecule has 0 spiro atoms. The maximum atomic E-state index is 1.87. The van der Waals surface area contributed by atoms with E-state index in [1.54, 1.807) is 8.86 Å². The van der Waals surface area contributed by atoms with Gasteiger partial charge in [-0.25, -0.2) is 0 Å². The first-order chi connectivity index (χ1) is 3.97.